The van der Waals surface area contributed by atoms with Crippen molar-refractivity contribution in [2.45, 2.75) is 96.3 Å². The molecule has 11 heteroatoms. The first-order valence-corrected chi connectivity index (χ1v) is 16.8. The van der Waals surface area contributed by atoms with Gasteiger partial charge in [0.1, 0.15) is 11.6 Å². The molecule has 1 aliphatic rings. The van der Waals surface area contributed by atoms with Gasteiger partial charge in [-0.25, -0.2) is 15.0 Å². The van der Waals surface area contributed by atoms with Crippen LogP contribution < -0.4 is 10.6 Å². The second-order valence-corrected chi connectivity index (χ2v) is 11.6. The number of amides is 1. The van der Waals surface area contributed by atoms with Gasteiger partial charge < -0.3 is 30.0 Å². The maximum absolute atomic E-state index is 12.0. The Balaban J connectivity index is 1.24. The van der Waals surface area contributed by atoms with E-state index in [0.29, 0.717) is 58.2 Å². The van der Waals surface area contributed by atoms with Gasteiger partial charge in [0.2, 0.25) is 5.91 Å². The molecule has 0 saturated carbocycles. The normalized spacial score (nSPS) is 13.2. The highest BCUT2D eigenvalue weighted by molar-refractivity contribution is 5.75. The minimum atomic E-state index is -0.807. The third kappa shape index (κ3) is 15.6. The van der Waals surface area contributed by atoms with Crippen molar-refractivity contribution in [2.24, 2.45) is 0 Å². The number of aliphatic carboxylic acids is 1. The van der Waals surface area contributed by atoms with E-state index >= 15 is 0 Å². The molecule has 0 aliphatic carbocycles. The van der Waals surface area contributed by atoms with E-state index in [2.05, 4.69) is 39.7 Å². The minimum Gasteiger partial charge on any atom is -0.481 e. The molecular weight excluding hydrogens is 574 g/mol. The molecule has 1 atom stereocenters. The summed E-state index contributed by atoms with van der Waals surface area (Å²) >= 11 is 0. The summed E-state index contributed by atoms with van der Waals surface area (Å²) < 4.78 is 16.2. The Morgan fingerprint density at radius 2 is 1.67 bits per heavy atom. The first kappa shape index (κ1) is 36.3. The highest BCUT2D eigenvalue weighted by atomic mass is 16.5. The predicted molar refractivity (Wildman–Crippen MR) is 174 cm³/mol. The Morgan fingerprint density at radius 1 is 0.933 bits per heavy atom. The zero-order chi connectivity index (χ0) is 32.0. The molecule has 2 aromatic heterocycles. The number of fused-ring (bicyclic) bond motifs is 1. The molecule has 2 aromatic rings. The van der Waals surface area contributed by atoms with Crippen molar-refractivity contribution in [3.8, 4) is 0 Å². The number of aryl methyl sites for hydroxylation is 3. The second-order valence-electron chi connectivity index (χ2n) is 11.6. The zero-order valence-electron chi connectivity index (χ0n) is 27.1. The number of ether oxygens (including phenoxy) is 3. The summed E-state index contributed by atoms with van der Waals surface area (Å²) in [6.07, 6.45) is 14.5. The van der Waals surface area contributed by atoms with Crippen molar-refractivity contribution >= 4 is 17.7 Å². The van der Waals surface area contributed by atoms with E-state index in [0.717, 1.165) is 88.0 Å². The number of carbonyl (C=O) groups is 2. The Hall–Kier alpha value is -3.15. The standard InChI is InChI=1S/C34H53N5O6/c1-2-18-43-20-22-45-23-21-44-19-15-32(40)35-16-8-12-31-37-25-29(26-38-31)28(24-33(41)42)9-5-3-4-6-11-30-14-13-27-10-7-17-36-34(27)39-30/h13-14,25-26,28H,2-12,15-24H2,1H3,(H,35,40)(H,36,39)(H,41,42)/t28-/m0/s1. The molecule has 0 radical (unpaired) electrons. The Morgan fingerprint density at radius 3 is 2.42 bits per heavy atom. The number of nitrogens with one attached hydrogen (secondary N) is 2. The van der Waals surface area contributed by atoms with Gasteiger partial charge in [0.05, 0.1) is 39.5 Å². The number of carboxylic acids is 1. The van der Waals surface area contributed by atoms with Crippen molar-refractivity contribution in [3.05, 3.63) is 47.2 Å². The summed E-state index contributed by atoms with van der Waals surface area (Å²) in [5, 5.41) is 15.8. The fourth-order valence-electron chi connectivity index (χ4n) is 5.27. The van der Waals surface area contributed by atoms with Crippen molar-refractivity contribution in [1.29, 1.82) is 0 Å². The van der Waals surface area contributed by atoms with Crippen LogP contribution in [0.4, 0.5) is 5.82 Å². The molecule has 11 nitrogen and oxygen atoms in total. The molecule has 3 heterocycles. The number of unbranched alkanes of at least 4 members (excludes halogenated alkanes) is 3. The molecule has 0 bridgehead atoms. The highest BCUT2D eigenvalue weighted by Gasteiger charge is 2.17. The number of hydrogen-bond acceptors (Lipinski definition) is 9. The van der Waals surface area contributed by atoms with Crippen LogP contribution in [0, 0.1) is 0 Å². The molecular formula is C34H53N5O6. The maximum Gasteiger partial charge on any atom is 0.303 e. The lowest BCUT2D eigenvalue weighted by Crippen LogP contribution is -2.26. The minimum absolute atomic E-state index is 0.0516. The molecule has 0 saturated heterocycles. The van der Waals surface area contributed by atoms with Gasteiger partial charge in [0.25, 0.3) is 0 Å². The van der Waals surface area contributed by atoms with E-state index < -0.39 is 5.97 Å². The number of pyridine rings is 1. The summed E-state index contributed by atoms with van der Waals surface area (Å²) in [7, 11) is 0. The van der Waals surface area contributed by atoms with Crippen LogP contribution in [0.15, 0.2) is 24.5 Å². The van der Waals surface area contributed by atoms with Crippen LogP contribution >= 0.6 is 0 Å². The van der Waals surface area contributed by atoms with Gasteiger partial charge in [-0.2, -0.15) is 0 Å². The lowest BCUT2D eigenvalue weighted by molar-refractivity contribution is -0.137. The van der Waals surface area contributed by atoms with Crippen LogP contribution in [0.3, 0.4) is 0 Å². The van der Waals surface area contributed by atoms with Crippen molar-refractivity contribution < 1.29 is 28.9 Å². The smallest absolute Gasteiger partial charge is 0.303 e. The van der Waals surface area contributed by atoms with Crippen molar-refractivity contribution in [2.75, 3.05) is 58.0 Å². The van der Waals surface area contributed by atoms with Crippen LogP contribution in [-0.4, -0.2) is 84.7 Å². The highest BCUT2D eigenvalue weighted by Crippen LogP contribution is 2.26. The fraction of sp³-hybridized carbons (Fsp3) is 0.676. The fourth-order valence-corrected chi connectivity index (χ4v) is 5.27. The molecule has 1 amide bonds. The summed E-state index contributed by atoms with van der Waals surface area (Å²) in [4.78, 5) is 37.3. The average Bonchev–Trinajstić information content (AvgIpc) is 3.05. The second kappa shape index (κ2) is 22.4. The van der Waals surface area contributed by atoms with Gasteiger partial charge >= 0.3 is 5.97 Å². The monoisotopic (exact) mass is 627 g/mol. The Kier molecular flexibility index (Phi) is 18.1. The number of carboxylic acid groups (broad SMARTS) is 1. The number of rotatable bonds is 25. The van der Waals surface area contributed by atoms with Gasteiger partial charge in [-0.05, 0) is 68.1 Å². The van der Waals surface area contributed by atoms with E-state index in [1.54, 1.807) is 12.4 Å². The molecule has 0 fully saturated rings. The van der Waals surface area contributed by atoms with E-state index in [9.17, 15) is 14.7 Å². The zero-order valence-corrected chi connectivity index (χ0v) is 27.1. The van der Waals surface area contributed by atoms with Crippen LogP contribution in [0.5, 0.6) is 0 Å². The van der Waals surface area contributed by atoms with E-state index in [1.165, 1.54) is 12.0 Å². The average molecular weight is 628 g/mol. The summed E-state index contributed by atoms with van der Waals surface area (Å²) in [6.45, 7) is 6.78. The van der Waals surface area contributed by atoms with E-state index in [1.807, 2.05) is 0 Å². The van der Waals surface area contributed by atoms with Crippen LogP contribution in [0.1, 0.15) is 99.7 Å². The van der Waals surface area contributed by atoms with Gasteiger partial charge in [-0.1, -0.05) is 32.3 Å². The third-order valence-corrected chi connectivity index (χ3v) is 7.77. The lowest BCUT2D eigenvalue weighted by atomic mass is 9.92. The topological polar surface area (TPSA) is 145 Å². The van der Waals surface area contributed by atoms with Crippen LogP contribution in [0.2, 0.25) is 0 Å². The van der Waals surface area contributed by atoms with Crippen molar-refractivity contribution in [3.63, 3.8) is 0 Å². The van der Waals surface area contributed by atoms with Crippen LogP contribution in [-0.2, 0) is 43.1 Å². The Bertz CT molecular complexity index is 1120. The third-order valence-electron chi connectivity index (χ3n) is 7.77. The van der Waals surface area contributed by atoms with Gasteiger partial charge in [-0.3, -0.25) is 9.59 Å². The molecule has 1 aliphatic heterocycles. The molecule has 0 spiro atoms. The van der Waals surface area contributed by atoms with Crippen LogP contribution in [0.25, 0.3) is 0 Å². The number of anilines is 1. The predicted octanol–water partition coefficient (Wildman–Crippen LogP) is 4.88. The quantitative estimate of drug-likeness (QED) is 0.130. The largest absolute Gasteiger partial charge is 0.481 e. The van der Waals surface area contributed by atoms with E-state index in [4.69, 9.17) is 19.2 Å². The maximum atomic E-state index is 12.0. The first-order chi connectivity index (χ1) is 22.0. The molecule has 0 aromatic carbocycles. The summed E-state index contributed by atoms with van der Waals surface area (Å²) in [5.41, 5.74) is 3.32. The number of carbonyl (C=O) groups excluding carboxylic acids is 1. The molecule has 0 unspecified atom stereocenters. The number of aromatic nitrogens is 3. The lowest BCUT2D eigenvalue weighted by Gasteiger charge is -2.17. The Labute approximate surface area is 268 Å². The van der Waals surface area contributed by atoms with Gasteiger partial charge in [0.15, 0.2) is 0 Å². The number of nitrogens with zero attached hydrogens (tertiary/aromatic N) is 3. The number of hydrogen-bond donors (Lipinski definition) is 3. The molecule has 45 heavy (non-hydrogen) atoms. The van der Waals surface area contributed by atoms with Gasteiger partial charge in [0, 0.05) is 50.6 Å². The first-order valence-electron chi connectivity index (χ1n) is 16.8. The van der Waals surface area contributed by atoms with Crippen molar-refractivity contribution in [1.82, 2.24) is 20.3 Å². The molecule has 3 N–H and O–H groups in total. The summed E-state index contributed by atoms with van der Waals surface area (Å²) in [5.74, 6) is 0.784. The SMILES string of the molecule is CCCOCCOCCOCCC(=O)NCCCc1ncc([C@@H](CCCCCCc2ccc3c(n2)NCCC3)CC(=O)O)cn1. The van der Waals surface area contributed by atoms with Gasteiger partial charge in [-0.15, -0.1) is 0 Å². The summed E-state index contributed by atoms with van der Waals surface area (Å²) in [6, 6.07) is 4.35. The molecule has 3 rings (SSSR count). The van der Waals surface area contributed by atoms with E-state index in [-0.39, 0.29) is 18.2 Å². The molecule has 250 valence electrons.